The number of amides is 4. The second-order valence-electron chi connectivity index (χ2n) is 7.25. The maximum absolute atomic E-state index is 12.8. The minimum Gasteiger partial charge on any atom is -0.315 e. The highest BCUT2D eigenvalue weighted by Crippen LogP contribution is 2.28. The maximum atomic E-state index is 12.8. The molecular formula is C19H22N4O4. The molecule has 1 aromatic carbocycles. The van der Waals surface area contributed by atoms with Crippen LogP contribution < -0.4 is 16.0 Å². The zero-order chi connectivity index (χ0) is 19.0. The Bertz CT molecular complexity index is 816. The molecule has 3 aliphatic heterocycles. The van der Waals surface area contributed by atoms with Crippen molar-refractivity contribution in [2.24, 2.45) is 0 Å². The van der Waals surface area contributed by atoms with E-state index in [1.54, 1.807) is 12.1 Å². The van der Waals surface area contributed by atoms with E-state index in [0.717, 1.165) is 36.4 Å². The summed E-state index contributed by atoms with van der Waals surface area (Å²) in [5.74, 6) is -1.91. The molecule has 3 N–H and O–H groups in total. The Kier molecular flexibility index (Phi) is 4.75. The topological polar surface area (TPSA) is 108 Å². The highest BCUT2D eigenvalue weighted by molar-refractivity contribution is 6.23. The third kappa shape index (κ3) is 3.38. The van der Waals surface area contributed by atoms with Crippen molar-refractivity contribution >= 4 is 23.6 Å². The Hall–Kier alpha value is -2.58. The number of imide groups is 2. The summed E-state index contributed by atoms with van der Waals surface area (Å²) in [5, 5.41) is 9.02. The first-order valence-electron chi connectivity index (χ1n) is 9.33. The number of nitrogens with one attached hydrogen (secondary N) is 3. The van der Waals surface area contributed by atoms with Crippen molar-refractivity contribution in [1.29, 1.82) is 0 Å². The average Bonchev–Trinajstić information content (AvgIpc) is 2.92. The molecule has 0 saturated carbocycles. The van der Waals surface area contributed by atoms with Crippen molar-refractivity contribution in [3.8, 4) is 0 Å². The van der Waals surface area contributed by atoms with E-state index < -0.39 is 23.8 Å². The molecule has 27 heavy (non-hydrogen) atoms. The second kappa shape index (κ2) is 7.21. The van der Waals surface area contributed by atoms with Gasteiger partial charge in [0.15, 0.2) is 0 Å². The lowest BCUT2D eigenvalue weighted by molar-refractivity contribution is -0.136. The van der Waals surface area contributed by atoms with E-state index in [1.807, 2.05) is 6.07 Å². The van der Waals surface area contributed by atoms with Crippen molar-refractivity contribution in [3.05, 3.63) is 34.9 Å². The third-order valence-electron chi connectivity index (χ3n) is 5.40. The number of carbonyl (C=O) groups is 4. The molecule has 2 atom stereocenters. The van der Waals surface area contributed by atoms with Crippen LogP contribution in [0.25, 0.3) is 0 Å². The maximum Gasteiger partial charge on any atom is 0.262 e. The molecular weight excluding hydrogens is 348 g/mol. The Morgan fingerprint density at radius 2 is 1.89 bits per heavy atom. The van der Waals surface area contributed by atoms with Crippen molar-refractivity contribution in [2.75, 3.05) is 13.1 Å². The summed E-state index contributed by atoms with van der Waals surface area (Å²) < 4.78 is 0. The molecule has 0 aromatic heterocycles. The van der Waals surface area contributed by atoms with E-state index in [2.05, 4.69) is 16.0 Å². The van der Waals surface area contributed by atoms with Gasteiger partial charge in [-0.1, -0.05) is 6.07 Å². The molecule has 2 fully saturated rings. The van der Waals surface area contributed by atoms with Crippen molar-refractivity contribution in [3.63, 3.8) is 0 Å². The van der Waals surface area contributed by atoms with E-state index in [0.29, 0.717) is 23.7 Å². The van der Waals surface area contributed by atoms with E-state index in [-0.39, 0.29) is 18.7 Å². The van der Waals surface area contributed by atoms with Gasteiger partial charge in [0, 0.05) is 25.6 Å². The smallest absolute Gasteiger partial charge is 0.262 e. The van der Waals surface area contributed by atoms with Gasteiger partial charge in [0.2, 0.25) is 11.8 Å². The van der Waals surface area contributed by atoms with Gasteiger partial charge in [-0.05, 0) is 43.5 Å². The second-order valence-corrected chi connectivity index (χ2v) is 7.25. The molecule has 0 radical (unpaired) electrons. The molecule has 4 rings (SSSR count). The van der Waals surface area contributed by atoms with Gasteiger partial charge in [0.05, 0.1) is 11.1 Å². The molecule has 142 valence electrons. The lowest BCUT2D eigenvalue weighted by atomic mass is 10.0. The van der Waals surface area contributed by atoms with Gasteiger partial charge in [-0.15, -0.1) is 0 Å². The fraction of sp³-hybridized carbons (Fsp3) is 0.474. The molecule has 0 bridgehead atoms. The van der Waals surface area contributed by atoms with Gasteiger partial charge >= 0.3 is 0 Å². The lowest BCUT2D eigenvalue weighted by Crippen LogP contribution is -2.54. The van der Waals surface area contributed by atoms with Crippen molar-refractivity contribution in [2.45, 2.75) is 44.3 Å². The molecule has 0 spiro atoms. The van der Waals surface area contributed by atoms with Crippen molar-refractivity contribution < 1.29 is 19.2 Å². The summed E-state index contributed by atoms with van der Waals surface area (Å²) in [7, 11) is 0. The van der Waals surface area contributed by atoms with Gasteiger partial charge in [0.25, 0.3) is 11.8 Å². The van der Waals surface area contributed by atoms with Crippen LogP contribution in [0.2, 0.25) is 0 Å². The van der Waals surface area contributed by atoms with Crippen LogP contribution in [-0.2, 0) is 16.1 Å². The molecule has 3 heterocycles. The zero-order valence-electron chi connectivity index (χ0n) is 14.9. The van der Waals surface area contributed by atoms with Crippen molar-refractivity contribution in [1.82, 2.24) is 20.9 Å². The fourth-order valence-electron chi connectivity index (χ4n) is 3.92. The summed E-state index contributed by atoms with van der Waals surface area (Å²) >= 11 is 0. The third-order valence-corrected chi connectivity index (χ3v) is 5.40. The first kappa shape index (κ1) is 17.8. The van der Waals surface area contributed by atoms with E-state index in [4.69, 9.17) is 0 Å². The number of benzene rings is 1. The number of nitrogens with zero attached hydrogens (tertiary/aromatic N) is 1. The molecule has 8 heteroatoms. The van der Waals surface area contributed by atoms with E-state index in [9.17, 15) is 19.2 Å². The predicted molar refractivity (Wildman–Crippen MR) is 95.8 cm³/mol. The molecule has 2 saturated heterocycles. The van der Waals surface area contributed by atoms with Gasteiger partial charge in [-0.3, -0.25) is 29.4 Å². The Balaban J connectivity index is 1.49. The number of rotatable bonds is 4. The number of hydrogen-bond acceptors (Lipinski definition) is 6. The number of piperidine rings is 2. The molecule has 1 unspecified atom stereocenters. The lowest BCUT2D eigenvalue weighted by Gasteiger charge is -2.27. The molecule has 8 nitrogen and oxygen atoms in total. The van der Waals surface area contributed by atoms with E-state index in [1.165, 1.54) is 0 Å². The van der Waals surface area contributed by atoms with Crippen LogP contribution in [0.15, 0.2) is 18.2 Å². The van der Waals surface area contributed by atoms with Crippen LogP contribution in [0, 0.1) is 0 Å². The van der Waals surface area contributed by atoms with Gasteiger partial charge in [0.1, 0.15) is 6.04 Å². The SMILES string of the molecule is O=C1CCC(N2C(=O)c3ccc(CN[C@@H]4CCCNC4)cc3C2=O)C(=O)N1. The highest BCUT2D eigenvalue weighted by atomic mass is 16.2. The summed E-state index contributed by atoms with van der Waals surface area (Å²) in [6, 6.07) is 4.68. The van der Waals surface area contributed by atoms with Gasteiger partial charge in [-0.25, -0.2) is 0 Å². The van der Waals surface area contributed by atoms with Crippen LogP contribution in [-0.4, -0.2) is 53.7 Å². The van der Waals surface area contributed by atoms with Crippen LogP contribution in [0.1, 0.15) is 52.0 Å². The van der Waals surface area contributed by atoms with Crippen LogP contribution >= 0.6 is 0 Å². The number of hydrogen-bond donors (Lipinski definition) is 3. The normalized spacial score (nSPS) is 25.6. The van der Waals surface area contributed by atoms with Crippen LogP contribution in [0.4, 0.5) is 0 Å². The first-order valence-corrected chi connectivity index (χ1v) is 9.33. The Morgan fingerprint density at radius 3 is 2.63 bits per heavy atom. The fourth-order valence-corrected chi connectivity index (χ4v) is 3.92. The largest absolute Gasteiger partial charge is 0.315 e. The quantitative estimate of drug-likeness (QED) is 0.641. The summed E-state index contributed by atoms with van der Waals surface area (Å²) in [6.45, 7) is 2.58. The molecule has 4 amide bonds. The van der Waals surface area contributed by atoms with Gasteiger partial charge in [-0.2, -0.15) is 0 Å². The highest BCUT2D eigenvalue weighted by Gasteiger charge is 2.44. The molecule has 0 aliphatic carbocycles. The minimum atomic E-state index is -0.926. The molecule has 1 aromatic rings. The first-order chi connectivity index (χ1) is 13.0. The molecule has 3 aliphatic rings. The summed E-state index contributed by atoms with van der Waals surface area (Å²) in [4.78, 5) is 49.9. The summed E-state index contributed by atoms with van der Waals surface area (Å²) in [5.41, 5.74) is 1.56. The Morgan fingerprint density at radius 1 is 1.07 bits per heavy atom. The predicted octanol–water partition coefficient (Wildman–Crippen LogP) is -0.0706. The number of carbonyl (C=O) groups excluding carboxylic acids is 4. The average molecular weight is 370 g/mol. The van der Waals surface area contributed by atoms with E-state index >= 15 is 0 Å². The minimum absolute atomic E-state index is 0.119. The van der Waals surface area contributed by atoms with Crippen LogP contribution in [0.5, 0.6) is 0 Å². The standard InChI is InChI=1S/C19H22N4O4/c24-16-6-5-15(17(25)22-16)23-18(26)13-4-3-11(8-14(13)19(23)27)9-21-12-2-1-7-20-10-12/h3-4,8,12,15,20-21H,1-2,5-7,9-10H2,(H,22,24,25)/t12-,15?/m1/s1. The summed E-state index contributed by atoms with van der Waals surface area (Å²) in [6.07, 6.45) is 2.53. The van der Waals surface area contributed by atoms with Gasteiger partial charge < -0.3 is 10.6 Å². The van der Waals surface area contributed by atoms with Crippen LogP contribution in [0.3, 0.4) is 0 Å². The number of fused-ring (bicyclic) bond motifs is 1. The monoisotopic (exact) mass is 370 g/mol. The Labute approximate surface area is 156 Å². The zero-order valence-corrected chi connectivity index (χ0v) is 14.9.